The summed E-state index contributed by atoms with van der Waals surface area (Å²) in [6.07, 6.45) is 2.06. The summed E-state index contributed by atoms with van der Waals surface area (Å²) in [6.45, 7) is 2.79. The second kappa shape index (κ2) is 7.83. The van der Waals surface area contributed by atoms with Crippen molar-refractivity contribution >= 4 is 0 Å². The van der Waals surface area contributed by atoms with Crippen molar-refractivity contribution in [3.05, 3.63) is 71.3 Å². The Hall–Kier alpha value is -1.64. The molecule has 0 heterocycles. The summed E-state index contributed by atoms with van der Waals surface area (Å²) in [4.78, 5) is 2.37. The summed E-state index contributed by atoms with van der Waals surface area (Å²) in [6, 6.07) is 19.5. The lowest BCUT2D eigenvalue weighted by Gasteiger charge is -2.17. The molecule has 0 fully saturated rings. The minimum absolute atomic E-state index is 0.719. The first-order valence-corrected chi connectivity index (χ1v) is 7.28. The second-order valence-electron chi connectivity index (χ2n) is 5.33. The summed E-state index contributed by atoms with van der Waals surface area (Å²) < 4.78 is 0. The predicted octanol–water partition coefficient (Wildman–Crippen LogP) is 2.86. The Morgan fingerprint density at radius 1 is 0.800 bits per heavy atom. The molecule has 0 radical (unpaired) electrons. The number of rotatable bonds is 7. The lowest BCUT2D eigenvalue weighted by atomic mass is 10.1. The smallest absolute Gasteiger partial charge is 0.0230 e. The summed E-state index contributed by atoms with van der Waals surface area (Å²) in [5.41, 5.74) is 9.65. The van der Waals surface area contributed by atoms with Crippen molar-refractivity contribution < 1.29 is 0 Å². The third-order valence-corrected chi connectivity index (χ3v) is 3.53. The van der Waals surface area contributed by atoms with Crippen LogP contribution in [0.25, 0.3) is 0 Å². The molecule has 0 aromatic heterocycles. The molecule has 0 aliphatic carbocycles. The van der Waals surface area contributed by atoms with Gasteiger partial charge in [0.15, 0.2) is 0 Å². The lowest BCUT2D eigenvalue weighted by Crippen LogP contribution is -2.20. The van der Waals surface area contributed by atoms with E-state index in [4.69, 9.17) is 5.73 Å². The van der Waals surface area contributed by atoms with Crippen molar-refractivity contribution in [1.82, 2.24) is 4.90 Å². The Balaban J connectivity index is 1.80. The van der Waals surface area contributed by atoms with Crippen molar-refractivity contribution in [3.8, 4) is 0 Å². The Morgan fingerprint density at radius 3 is 2.05 bits per heavy atom. The third-order valence-electron chi connectivity index (χ3n) is 3.53. The van der Waals surface area contributed by atoms with E-state index in [0.717, 1.165) is 32.5 Å². The molecule has 106 valence electrons. The molecule has 0 atom stereocenters. The van der Waals surface area contributed by atoms with Crippen LogP contribution in [0.3, 0.4) is 0 Å². The van der Waals surface area contributed by atoms with Gasteiger partial charge in [-0.2, -0.15) is 0 Å². The number of nitrogens with two attached hydrogens (primary N) is 1. The van der Waals surface area contributed by atoms with E-state index in [0.29, 0.717) is 0 Å². The second-order valence-corrected chi connectivity index (χ2v) is 5.33. The molecule has 2 nitrogen and oxygen atoms in total. The van der Waals surface area contributed by atoms with Crippen LogP contribution in [0.4, 0.5) is 0 Å². The van der Waals surface area contributed by atoms with Gasteiger partial charge in [-0.15, -0.1) is 0 Å². The zero-order valence-electron chi connectivity index (χ0n) is 12.3. The summed E-state index contributed by atoms with van der Waals surface area (Å²) in [5.74, 6) is 0. The lowest BCUT2D eigenvalue weighted by molar-refractivity contribution is 0.331. The summed E-state index contributed by atoms with van der Waals surface area (Å²) in [7, 11) is 2.18. The molecule has 0 unspecified atom stereocenters. The van der Waals surface area contributed by atoms with E-state index in [2.05, 4.69) is 66.5 Å². The van der Waals surface area contributed by atoms with E-state index in [1.54, 1.807) is 0 Å². The zero-order valence-corrected chi connectivity index (χ0v) is 12.3. The van der Waals surface area contributed by atoms with E-state index in [1.165, 1.54) is 16.7 Å². The topological polar surface area (TPSA) is 29.3 Å². The van der Waals surface area contributed by atoms with E-state index >= 15 is 0 Å². The van der Waals surface area contributed by atoms with Gasteiger partial charge in [-0.1, -0.05) is 54.6 Å². The fraction of sp³-hybridized carbons (Fsp3) is 0.333. The monoisotopic (exact) mass is 268 g/mol. The molecule has 2 heteroatoms. The summed E-state index contributed by atoms with van der Waals surface area (Å²) >= 11 is 0. The molecule has 0 aliphatic rings. The van der Waals surface area contributed by atoms with Gasteiger partial charge in [-0.25, -0.2) is 0 Å². The molecule has 2 N–H and O–H groups in total. The first kappa shape index (κ1) is 14.8. The fourth-order valence-corrected chi connectivity index (χ4v) is 2.33. The maximum Gasteiger partial charge on any atom is 0.0230 e. The van der Waals surface area contributed by atoms with E-state index in [9.17, 15) is 0 Å². The van der Waals surface area contributed by atoms with E-state index in [1.807, 2.05) is 0 Å². The molecule has 2 aromatic rings. The standard InChI is InChI=1S/C18H24N2/c1-20(14-12-16-5-3-2-4-6-16)15-18-9-7-17(8-10-18)11-13-19/h2-10H,11-15,19H2,1H3. The van der Waals surface area contributed by atoms with Crippen LogP contribution in [0.2, 0.25) is 0 Å². The van der Waals surface area contributed by atoms with Gasteiger partial charge in [0.2, 0.25) is 0 Å². The molecular formula is C18H24N2. The molecule has 2 aromatic carbocycles. The molecule has 0 amide bonds. The highest BCUT2D eigenvalue weighted by Crippen LogP contribution is 2.08. The molecule has 0 spiro atoms. The predicted molar refractivity (Wildman–Crippen MR) is 85.7 cm³/mol. The van der Waals surface area contributed by atoms with Gasteiger partial charge in [-0.05, 0) is 43.1 Å². The van der Waals surface area contributed by atoms with Gasteiger partial charge in [0.05, 0.1) is 0 Å². The van der Waals surface area contributed by atoms with Crippen LogP contribution < -0.4 is 5.73 Å². The van der Waals surface area contributed by atoms with Crippen molar-refractivity contribution in [3.63, 3.8) is 0 Å². The van der Waals surface area contributed by atoms with Gasteiger partial charge in [0.25, 0.3) is 0 Å². The molecule has 2 rings (SSSR count). The normalized spacial score (nSPS) is 10.9. The molecule has 0 bridgehead atoms. The molecule has 0 saturated carbocycles. The first-order valence-electron chi connectivity index (χ1n) is 7.28. The minimum atomic E-state index is 0.719. The Bertz CT molecular complexity index is 491. The SMILES string of the molecule is CN(CCc1ccccc1)Cc1ccc(CCN)cc1. The number of nitrogens with zero attached hydrogens (tertiary/aromatic N) is 1. The average molecular weight is 268 g/mol. The fourth-order valence-electron chi connectivity index (χ4n) is 2.33. The van der Waals surface area contributed by atoms with Gasteiger partial charge < -0.3 is 10.6 Å². The van der Waals surface area contributed by atoms with Crippen molar-refractivity contribution in [2.24, 2.45) is 5.73 Å². The number of likely N-dealkylation sites (N-methyl/N-ethyl adjacent to an activating group) is 1. The number of benzene rings is 2. The number of hydrogen-bond donors (Lipinski definition) is 1. The molecule has 20 heavy (non-hydrogen) atoms. The van der Waals surface area contributed by atoms with Crippen LogP contribution in [-0.4, -0.2) is 25.0 Å². The number of hydrogen-bond acceptors (Lipinski definition) is 2. The Morgan fingerprint density at radius 2 is 1.40 bits per heavy atom. The van der Waals surface area contributed by atoms with Crippen LogP contribution in [0.15, 0.2) is 54.6 Å². The largest absolute Gasteiger partial charge is 0.330 e. The highest BCUT2D eigenvalue weighted by Gasteiger charge is 2.01. The average Bonchev–Trinajstić information content (AvgIpc) is 2.49. The zero-order chi connectivity index (χ0) is 14.2. The van der Waals surface area contributed by atoms with Crippen molar-refractivity contribution in [2.45, 2.75) is 19.4 Å². The first-order chi connectivity index (χ1) is 9.78. The van der Waals surface area contributed by atoms with Crippen LogP contribution in [0.5, 0.6) is 0 Å². The molecular weight excluding hydrogens is 244 g/mol. The van der Waals surface area contributed by atoms with Crippen LogP contribution >= 0.6 is 0 Å². The van der Waals surface area contributed by atoms with E-state index < -0.39 is 0 Å². The van der Waals surface area contributed by atoms with Gasteiger partial charge >= 0.3 is 0 Å². The minimum Gasteiger partial charge on any atom is -0.330 e. The van der Waals surface area contributed by atoms with E-state index in [-0.39, 0.29) is 0 Å². The van der Waals surface area contributed by atoms with Crippen LogP contribution in [0, 0.1) is 0 Å². The van der Waals surface area contributed by atoms with Gasteiger partial charge in [0.1, 0.15) is 0 Å². The Labute approximate surface area is 122 Å². The van der Waals surface area contributed by atoms with Crippen molar-refractivity contribution in [2.75, 3.05) is 20.1 Å². The maximum atomic E-state index is 5.57. The maximum absolute atomic E-state index is 5.57. The van der Waals surface area contributed by atoms with Gasteiger partial charge in [-0.3, -0.25) is 0 Å². The Kier molecular flexibility index (Phi) is 5.78. The highest BCUT2D eigenvalue weighted by molar-refractivity contribution is 5.22. The molecule has 0 saturated heterocycles. The highest BCUT2D eigenvalue weighted by atomic mass is 15.1. The quantitative estimate of drug-likeness (QED) is 0.836. The van der Waals surface area contributed by atoms with Gasteiger partial charge in [0, 0.05) is 13.1 Å². The van der Waals surface area contributed by atoms with Crippen molar-refractivity contribution in [1.29, 1.82) is 0 Å². The van der Waals surface area contributed by atoms with Crippen LogP contribution in [0.1, 0.15) is 16.7 Å². The summed E-state index contributed by atoms with van der Waals surface area (Å²) in [5, 5.41) is 0. The molecule has 0 aliphatic heterocycles. The third kappa shape index (κ3) is 4.80. The van der Waals surface area contributed by atoms with Crippen LogP contribution in [-0.2, 0) is 19.4 Å².